The summed E-state index contributed by atoms with van der Waals surface area (Å²) in [4.78, 5) is 30.9. The van der Waals surface area contributed by atoms with Crippen LogP contribution in [0.1, 0.15) is 17.7 Å². The third-order valence-corrected chi connectivity index (χ3v) is 4.42. The number of carbonyl (C=O) groups excluding carboxylic acids is 2. The first-order valence-corrected chi connectivity index (χ1v) is 7.48. The number of rotatable bonds is 4. The number of nitrogens with zero attached hydrogens (tertiary/aromatic N) is 2. The van der Waals surface area contributed by atoms with Gasteiger partial charge in [-0.2, -0.15) is 0 Å². The molecule has 7 nitrogen and oxygen atoms in total. The van der Waals surface area contributed by atoms with E-state index in [0.717, 1.165) is 11.3 Å². The molecule has 0 amide bonds. The minimum absolute atomic E-state index is 0. The Balaban J connectivity index is 0.00000242. The van der Waals surface area contributed by atoms with Gasteiger partial charge in [-0.15, -0.1) is 23.7 Å². The second-order valence-corrected chi connectivity index (χ2v) is 6.02. The van der Waals surface area contributed by atoms with E-state index < -0.39 is 17.9 Å². The molecule has 2 unspecified atom stereocenters. The molecule has 124 valence electrons. The van der Waals surface area contributed by atoms with E-state index in [1.54, 1.807) is 6.20 Å². The number of anilines is 1. The summed E-state index contributed by atoms with van der Waals surface area (Å²) in [5.41, 5.74) is 5.62. The number of carbonyl (C=O) groups is 2. The normalized spacial score (nSPS) is 21.7. The summed E-state index contributed by atoms with van der Waals surface area (Å²) in [5.74, 6) is -1.29. The van der Waals surface area contributed by atoms with Crippen molar-refractivity contribution in [2.24, 2.45) is 5.92 Å². The third-order valence-electron chi connectivity index (χ3n) is 3.61. The van der Waals surface area contributed by atoms with Gasteiger partial charge in [0, 0.05) is 17.6 Å². The smallest absolute Gasteiger partial charge is 0.323 e. The minimum Gasteiger partial charge on any atom is -0.469 e. The minimum atomic E-state index is -0.625. The molecule has 0 spiro atoms. The van der Waals surface area contributed by atoms with E-state index in [9.17, 15) is 9.59 Å². The van der Waals surface area contributed by atoms with Crippen LogP contribution in [0.3, 0.4) is 0 Å². The number of nitrogens with two attached hydrogens (primary N) is 1. The van der Waals surface area contributed by atoms with Gasteiger partial charge in [-0.1, -0.05) is 0 Å². The van der Waals surface area contributed by atoms with E-state index in [-0.39, 0.29) is 18.4 Å². The molecule has 0 aromatic carbocycles. The van der Waals surface area contributed by atoms with E-state index in [1.807, 2.05) is 4.90 Å². The summed E-state index contributed by atoms with van der Waals surface area (Å²) in [6, 6.07) is -0.625. The summed E-state index contributed by atoms with van der Waals surface area (Å²) < 4.78 is 9.68. The van der Waals surface area contributed by atoms with Crippen molar-refractivity contribution in [1.29, 1.82) is 0 Å². The van der Waals surface area contributed by atoms with Crippen LogP contribution in [0.15, 0.2) is 6.20 Å². The van der Waals surface area contributed by atoms with Gasteiger partial charge in [-0.25, -0.2) is 4.98 Å². The van der Waals surface area contributed by atoms with Crippen LogP contribution < -0.4 is 5.73 Å². The predicted molar refractivity (Wildman–Crippen MR) is 84.7 cm³/mol. The molecule has 1 aromatic rings. The Labute approximate surface area is 139 Å². The Bertz CT molecular complexity index is 525. The number of thiazole rings is 1. The molecule has 9 heteroatoms. The van der Waals surface area contributed by atoms with Gasteiger partial charge >= 0.3 is 11.9 Å². The van der Waals surface area contributed by atoms with E-state index in [1.165, 1.54) is 25.6 Å². The van der Waals surface area contributed by atoms with Gasteiger partial charge < -0.3 is 15.2 Å². The van der Waals surface area contributed by atoms with Crippen molar-refractivity contribution in [2.75, 3.05) is 26.5 Å². The highest BCUT2D eigenvalue weighted by Gasteiger charge is 2.42. The van der Waals surface area contributed by atoms with Gasteiger partial charge in [0.05, 0.1) is 20.1 Å². The lowest BCUT2D eigenvalue weighted by molar-refractivity contribution is -0.162. The summed E-state index contributed by atoms with van der Waals surface area (Å²) in [5, 5.41) is 0.487. The lowest BCUT2D eigenvalue weighted by Crippen LogP contribution is -2.52. The molecule has 0 aliphatic carbocycles. The van der Waals surface area contributed by atoms with Gasteiger partial charge in [0.15, 0.2) is 5.13 Å². The first-order chi connectivity index (χ1) is 10.1. The molecule has 2 atom stereocenters. The highest BCUT2D eigenvalue weighted by atomic mass is 35.5. The molecule has 2 heterocycles. The number of aromatic nitrogens is 1. The SMILES string of the molecule is COC(=O)C1CCCN(Cc2cnc(N)s2)C1C(=O)OC.Cl. The standard InChI is InChI=1S/C13H19N3O4S.ClH/c1-19-11(17)9-4-3-5-16(10(9)12(18)20-2)7-8-6-15-13(14)21-8;/h6,9-10H,3-5,7H2,1-2H3,(H2,14,15);1H. The largest absolute Gasteiger partial charge is 0.469 e. The van der Waals surface area contributed by atoms with Crippen LogP contribution in [0.5, 0.6) is 0 Å². The second-order valence-electron chi connectivity index (χ2n) is 4.88. The lowest BCUT2D eigenvalue weighted by atomic mass is 9.89. The Morgan fingerprint density at radius 3 is 2.64 bits per heavy atom. The highest BCUT2D eigenvalue weighted by Crippen LogP contribution is 2.28. The van der Waals surface area contributed by atoms with E-state index in [0.29, 0.717) is 24.6 Å². The summed E-state index contributed by atoms with van der Waals surface area (Å²) >= 11 is 1.37. The average Bonchev–Trinajstić information content (AvgIpc) is 2.90. The summed E-state index contributed by atoms with van der Waals surface area (Å²) in [6.45, 7) is 1.23. The number of halogens is 1. The molecule has 22 heavy (non-hydrogen) atoms. The van der Waals surface area contributed by atoms with Crippen molar-refractivity contribution in [3.05, 3.63) is 11.1 Å². The molecule has 2 rings (SSSR count). The van der Waals surface area contributed by atoms with Crippen LogP contribution in [0, 0.1) is 5.92 Å². The molecular formula is C13H20ClN3O4S. The van der Waals surface area contributed by atoms with Crippen molar-refractivity contribution in [3.63, 3.8) is 0 Å². The van der Waals surface area contributed by atoms with Crippen molar-refractivity contribution < 1.29 is 19.1 Å². The molecule has 1 saturated heterocycles. The summed E-state index contributed by atoms with van der Waals surface area (Å²) in [7, 11) is 2.66. The number of ether oxygens (including phenoxy) is 2. The maximum absolute atomic E-state index is 12.1. The van der Waals surface area contributed by atoms with Gasteiger partial charge in [0.2, 0.25) is 0 Å². The molecule has 1 fully saturated rings. The van der Waals surface area contributed by atoms with Crippen molar-refractivity contribution in [3.8, 4) is 0 Å². The van der Waals surface area contributed by atoms with Crippen LogP contribution in [-0.2, 0) is 25.6 Å². The monoisotopic (exact) mass is 349 g/mol. The Morgan fingerprint density at radius 1 is 1.41 bits per heavy atom. The van der Waals surface area contributed by atoms with Crippen LogP contribution in [-0.4, -0.2) is 48.6 Å². The zero-order chi connectivity index (χ0) is 15.4. The predicted octanol–water partition coefficient (Wildman–Crippen LogP) is 1.07. The lowest BCUT2D eigenvalue weighted by Gasteiger charge is -2.37. The van der Waals surface area contributed by atoms with Gasteiger partial charge in [-0.05, 0) is 19.4 Å². The van der Waals surface area contributed by atoms with Gasteiger partial charge in [0.1, 0.15) is 6.04 Å². The number of likely N-dealkylation sites (tertiary alicyclic amines) is 1. The van der Waals surface area contributed by atoms with E-state index >= 15 is 0 Å². The number of hydrogen-bond donors (Lipinski definition) is 1. The second kappa shape index (κ2) is 8.30. The molecule has 1 aliphatic heterocycles. The molecule has 0 radical (unpaired) electrons. The van der Waals surface area contributed by atoms with Crippen molar-refractivity contribution in [2.45, 2.75) is 25.4 Å². The third kappa shape index (κ3) is 4.08. The van der Waals surface area contributed by atoms with E-state index in [4.69, 9.17) is 15.2 Å². The quantitative estimate of drug-likeness (QED) is 0.812. The molecule has 0 bridgehead atoms. The maximum atomic E-state index is 12.1. The molecule has 0 saturated carbocycles. The number of nitrogen functional groups attached to an aromatic ring is 1. The van der Waals surface area contributed by atoms with Crippen molar-refractivity contribution >= 4 is 40.8 Å². The fourth-order valence-electron chi connectivity index (χ4n) is 2.67. The number of hydrogen-bond acceptors (Lipinski definition) is 8. The van der Waals surface area contributed by atoms with Crippen LogP contribution in [0.25, 0.3) is 0 Å². The van der Waals surface area contributed by atoms with Crippen LogP contribution in [0.2, 0.25) is 0 Å². The zero-order valence-electron chi connectivity index (χ0n) is 12.5. The van der Waals surface area contributed by atoms with Crippen LogP contribution >= 0.6 is 23.7 Å². The molecule has 1 aliphatic rings. The first kappa shape index (κ1) is 18.7. The number of esters is 2. The fourth-order valence-corrected chi connectivity index (χ4v) is 3.38. The topological polar surface area (TPSA) is 94.8 Å². The Hall–Kier alpha value is -1.38. The zero-order valence-corrected chi connectivity index (χ0v) is 14.1. The Morgan fingerprint density at radius 2 is 2.09 bits per heavy atom. The van der Waals surface area contributed by atoms with Gasteiger partial charge in [0.25, 0.3) is 0 Å². The van der Waals surface area contributed by atoms with Crippen LogP contribution in [0.4, 0.5) is 5.13 Å². The fraction of sp³-hybridized carbons (Fsp3) is 0.615. The van der Waals surface area contributed by atoms with E-state index in [2.05, 4.69) is 4.98 Å². The molecule has 1 aromatic heterocycles. The Kier molecular flexibility index (Phi) is 7.05. The highest BCUT2D eigenvalue weighted by molar-refractivity contribution is 7.15. The maximum Gasteiger partial charge on any atom is 0.323 e. The molecular weight excluding hydrogens is 330 g/mol. The average molecular weight is 350 g/mol. The van der Waals surface area contributed by atoms with Gasteiger partial charge in [-0.3, -0.25) is 14.5 Å². The summed E-state index contributed by atoms with van der Waals surface area (Å²) in [6.07, 6.45) is 3.13. The first-order valence-electron chi connectivity index (χ1n) is 6.66. The van der Waals surface area contributed by atoms with Crippen molar-refractivity contribution in [1.82, 2.24) is 9.88 Å². The molecule has 2 N–H and O–H groups in total. The number of methoxy groups -OCH3 is 2. The number of piperidine rings is 1.